The molecule has 0 spiro atoms. The Hall–Kier alpha value is -1.93. The molecule has 8 nitrogen and oxygen atoms in total. The summed E-state index contributed by atoms with van der Waals surface area (Å²) in [6.07, 6.45) is 3.04. The second kappa shape index (κ2) is 4.04. The molecule has 19 heavy (non-hydrogen) atoms. The minimum atomic E-state index is -1.10. The predicted octanol–water partition coefficient (Wildman–Crippen LogP) is -1.21. The highest BCUT2D eigenvalue weighted by atomic mass is 16.3. The Morgan fingerprint density at radius 1 is 1.47 bits per heavy atom. The first kappa shape index (κ1) is 12.1. The van der Waals surface area contributed by atoms with Crippen LogP contribution in [0.2, 0.25) is 0 Å². The summed E-state index contributed by atoms with van der Waals surface area (Å²) in [7, 11) is 0. The second-order valence-electron chi connectivity index (χ2n) is 4.90. The molecule has 8 heteroatoms. The molecule has 3 rings (SSSR count). The Balaban J connectivity index is 2.31. The van der Waals surface area contributed by atoms with Crippen molar-refractivity contribution in [3.05, 3.63) is 16.7 Å². The van der Waals surface area contributed by atoms with Gasteiger partial charge in [-0.3, -0.25) is 9.36 Å². The van der Waals surface area contributed by atoms with Crippen molar-refractivity contribution in [3.8, 4) is 0 Å². The molecule has 0 unspecified atom stereocenters. The van der Waals surface area contributed by atoms with Gasteiger partial charge in [0.25, 0.3) is 5.56 Å². The molecular formula is C11H15N5O3. The number of hydrogen-bond donors (Lipinski definition) is 4. The van der Waals surface area contributed by atoms with Gasteiger partial charge >= 0.3 is 0 Å². The first-order valence-corrected chi connectivity index (χ1v) is 6.08. The number of nitrogens with one attached hydrogen (secondary N) is 1. The Morgan fingerprint density at radius 3 is 2.74 bits per heavy atom. The number of rotatable bonds is 4. The summed E-state index contributed by atoms with van der Waals surface area (Å²) in [5.41, 5.74) is 4.75. The van der Waals surface area contributed by atoms with Crippen LogP contribution in [-0.2, 0) is 5.54 Å². The predicted molar refractivity (Wildman–Crippen MR) is 67.4 cm³/mol. The number of nitrogen functional groups attached to an aromatic ring is 1. The van der Waals surface area contributed by atoms with Crippen LogP contribution in [0, 0.1) is 5.92 Å². The van der Waals surface area contributed by atoms with Crippen molar-refractivity contribution >= 4 is 17.1 Å². The normalized spacial score (nSPS) is 16.1. The van der Waals surface area contributed by atoms with E-state index in [4.69, 9.17) is 5.73 Å². The van der Waals surface area contributed by atoms with Crippen molar-refractivity contribution in [2.45, 2.75) is 18.4 Å². The van der Waals surface area contributed by atoms with Gasteiger partial charge in [-0.15, -0.1) is 0 Å². The lowest BCUT2D eigenvalue weighted by molar-refractivity contribution is 0.0437. The monoisotopic (exact) mass is 265 g/mol. The number of nitrogens with two attached hydrogens (primary N) is 1. The van der Waals surface area contributed by atoms with E-state index in [2.05, 4.69) is 15.0 Å². The number of aliphatic hydroxyl groups excluding tert-OH is 2. The lowest BCUT2D eigenvalue weighted by Crippen LogP contribution is -2.50. The maximum atomic E-state index is 12.4. The number of H-pyrrole nitrogens is 1. The molecule has 1 aliphatic rings. The summed E-state index contributed by atoms with van der Waals surface area (Å²) >= 11 is 0. The number of hydrogen-bond acceptors (Lipinski definition) is 6. The van der Waals surface area contributed by atoms with Gasteiger partial charge in [-0.1, -0.05) is 0 Å². The molecule has 0 bridgehead atoms. The van der Waals surface area contributed by atoms with E-state index in [1.54, 1.807) is 0 Å². The number of aromatic nitrogens is 4. The number of nitrogens with zero attached hydrogens (tertiary/aromatic N) is 3. The topological polar surface area (TPSA) is 130 Å². The first-order valence-electron chi connectivity index (χ1n) is 6.08. The third kappa shape index (κ3) is 1.57. The van der Waals surface area contributed by atoms with Gasteiger partial charge in [-0.25, -0.2) is 4.98 Å². The summed E-state index contributed by atoms with van der Waals surface area (Å²) in [6, 6.07) is 0. The van der Waals surface area contributed by atoms with Gasteiger partial charge < -0.3 is 20.9 Å². The first-order chi connectivity index (χ1) is 9.14. The number of imidazole rings is 1. The molecule has 0 amide bonds. The zero-order chi connectivity index (χ0) is 13.6. The van der Waals surface area contributed by atoms with Crippen LogP contribution >= 0.6 is 0 Å². The Kier molecular flexibility index (Phi) is 2.58. The van der Waals surface area contributed by atoms with E-state index in [0.717, 1.165) is 12.8 Å². The zero-order valence-electron chi connectivity index (χ0n) is 10.2. The molecule has 1 fully saturated rings. The van der Waals surface area contributed by atoms with E-state index in [9.17, 15) is 15.0 Å². The minimum absolute atomic E-state index is 0.0284. The number of anilines is 1. The molecule has 0 aromatic carbocycles. The SMILES string of the molecule is Nc1nc2[nH]cnc2c(=O)n1C(CO)(CO)C1CC1. The summed E-state index contributed by atoms with van der Waals surface area (Å²) in [5, 5.41) is 19.4. The summed E-state index contributed by atoms with van der Waals surface area (Å²) in [5.74, 6) is -0.00237. The van der Waals surface area contributed by atoms with Crippen LogP contribution in [0.25, 0.3) is 11.2 Å². The van der Waals surface area contributed by atoms with Crippen LogP contribution < -0.4 is 11.3 Å². The molecule has 0 atom stereocenters. The van der Waals surface area contributed by atoms with Crippen molar-refractivity contribution in [2.75, 3.05) is 18.9 Å². The summed E-state index contributed by atoms with van der Waals surface area (Å²) in [4.78, 5) is 23.1. The third-order valence-electron chi connectivity index (χ3n) is 3.81. The number of aromatic amines is 1. The molecule has 0 radical (unpaired) electrons. The molecule has 1 saturated carbocycles. The Labute approximate surface area is 107 Å². The van der Waals surface area contributed by atoms with Gasteiger partial charge in [0.15, 0.2) is 11.2 Å². The van der Waals surface area contributed by atoms with Gasteiger partial charge in [0, 0.05) is 0 Å². The largest absolute Gasteiger partial charge is 0.394 e. The van der Waals surface area contributed by atoms with E-state index >= 15 is 0 Å². The van der Waals surface area contributed by atoms with Crippen LogP contribution in [0.3, 0.4) is 0 Å². The highest BCUT2D eigenvalue weighted by Crippen LogP contribution is 2.44. The van der Waals surface area contributed by atoms with Gasteiger partial charge in [0.05, 0.1) is 25.1 Å². The highest BCUT2D eigenvalue weighted by molar-refractivity contribution is 5.69. The molecule has 2 aromatic heterocycles. The summed E-state index contributed by atoms with van der Waals surface area (Å²) in [6.45, 7) is -0.730. The molecular weight excluding hydrogens is 250 g/mol. The molecule has 0 aliphatic heterocycles. The third-order valence-corrected chi connectivity index (χ3v) is 3.81. The molecule has 0 saturated heterocycles. The minimum Gasteiger partial charge on any atom is -0.394 e. The van der Waals surface area contributed by atoms with Crippen molar-refractivity contribution in [1.82, 2.24) is 19.5 Å². The maximum absolute atomic E-state index is 12.4. The molecule has 5 N–H and O–H groups in total. The van der Waals surface area contributed by atoms with Gasteiger partial charge in [0.1, 0.15) is 0 Å². The lowest BCUT2D eigenvalue weighted by atomic mass is 9.94. The quantitative estimate of drug-likeness (QED) is 0.549. The Morgan fingerprint density at radius 2 is 2.16 bits per heavy atom. The smallest absolute Gasteiger partial charge is 0.283 e. The standard InChI is InChI=1S/C11H15N5O3/c12-10-15-8-7(13-5-14-8)9(19)16(10)11(3-17,4-18)6-1-2-6/h5-6,17-18H,1-4H2,(H2,12,15)(H,13,14). The average molecular weight is 265 g/mol. The van der Waals surface area contributed by atoms with E-state index in [0.29, 0.717) is 5.65 Å². The number of fused-ring (bicyclic) bond motifs is 1. The highest BCUT2D eigenvalue weighted by Gasteiger charge is 2.48. The number of aliphatic hydroxyl groups is 2. The fourth-order valence-corrected chi connectivity index (χ4v) is 2.59. The zero-order valence-corrected chi connectivity index (χ0v) is 10.2. The van der Waals surface area contributed by atoms with Crippen molar-refractivity contribution in [2.24, 2.45) is 5.92 Å². The fraction of sp³-hybridized carbons (Fsp3) is 0.545. The van der Waals surface area contributed by atoms with E-state index in [1.165, 1.54) is 10.9 Å². The van der Waals surface area contributed by atoms with Gasteiger partial charge in [-0.2, -0.15) is 4.98 Å². The van der Waals surface area contributed by atoms with Crippen LogP contribution in [0.5, 0.6) is 0 Å². The molecule has 102 valence electrons. The molecule has 2 heterocycles. The van der Waals surface area contributed by atoms with Gasteiger partial charge in [-0.05, 0) is 18.8 Å². The van der Waals surface area contributed by atoms with Crippen molar-refractivity contribution in [1.29, 1.82) is 0 Å². The maximum Gasteiger partial charge on any atom is 0.283 e. The van der Waals surface area contributed by atoms with Crippen LogP contribution in [-0.4, -0.2) is 42.9 Å². The van der Waals surface area contributed by atoms with Crippen LogP contribution in [0.1, 0.15) is 12.8 Å². The Bertz CT molecular complexity index is 669. The van der Waals surface area contributed by atoms with E-state index in [1.807, 2.05) is 0 Å². The van der Waals surface area contributed by atoms with Crippen molar-refractivity contribution < 1.29 is 10.2 Å². The van der Waals surface area contributed by atoms with Crippen LogP contribution in [0.15, 0.2) is 11.1 Å². The lowest BCUT2D eigenvalue weighted by Gasteiger charge is -2.32. The van der Waals surface area contributed by atoms with E-state index < -0.39 is 11.1 Å². The van der Waals surface area contributed by atoms with Gasteiger partial charge in [0.2, 0.25) is 5.95 Å². The van der Waals surface area contributed by atoms with Crippen molar-refractivity contribution in [3.63, 3.8) is 0 Å². The fourth-order valence-electron chi connectivity index (χ4n) is 2.59. The average Bonchev–Trinajstić information content (AvgIpc) is 3.14. The van der Waals surface area contributed by atoms with Crippen LogP contribution in [0.4, 0.5) is 5.95 Å². The molecule has 2 aromatic rings. The van der Waals surface area contributed by atoms with E-state index in [-0.39, 0.29) is 30.6 Å². The molecule has 1 aliphatic carbocycles. The second-order valence-corrected chi connectivity index (χ2v) is 4.90. The summed E-state index contributed by atoms with van der Waals surface area (Å²) < 4.78 is 1.19.